The molecule has 0 bridgehead atoms. The molecule has 1 aliphatic heterocycles. The average molecular weight is 370 g/mol. The summed E-state index contributed by atoms with van der Waals surface area (Å²) in [6.07, 6.45) is 1.71. The van der Waals surface area contributed by atoms with Gasteiger partial charge in [0.1, 0.15) is 11.5 Å². The van der Waals surface area contributed by atoms with E-state index >= 15 is 0 Å². The fourth-order valence-corrected chi connectivity index (χ4v) is 2.90. The highest BCUT2D eigenvalue weighted by atomic mass is 16.5. The minimum absolute atomic E-state index is 0.188. The minimum Gasteiger partial charge on any atom is -0.452 e. The van der Waals surface area contributed by atoms with E-state index in [0.717, 1.165) is 16.7 Å². The van der Waals surface area contributed by atoms with Gasteiger partial charge in [-0.1, -0.05) is 47.5 Å². The Morgan fingerprint density at radius 1 is 0.893 bits per heavy atom. The smallest absolute Gasteiger partial charge is 0.343 e. The third-order valence-electron chi connectivity index (χ3n) is 4.51. The summed E-state index contributed by atoms with van der Waals surface area (Å²) in [5.41, 5.74) is 4.00. The molecule has 3 aromatic rings. The van der Waals surface area contributed by atoms with Crippen LogP contribution in [0.4, 0.5) is 0 Å². The molecule has 0 aliphatic carbocycles. The second kappa shape index (κ2) is 7.16. The molecule has 0 N–H and O–H groups in total. The van der Waals surface area contributed by atoms with Crippen LogP contribution in [0.5, 0.6) is 11.5 Å². The molecule has 3 aromatic carbocycles. The van der Waals surface area contributed by atoms with Crippen molar-refractivity contribution in [3.05, 3.63) is 100 Å². The first-order valence-corrected chi connectivity index (χ1v) is 8.93. The second-order valence-electron chi connectivity index (χ2n) is 6.76. The Bertz CT molecular complexity index is 1090. The van der Waals surface area contributed by atoms with Gasteiger partial charge in [0.25, 0.3) is 0 Å². The van der Waals surface area contributed by atoms with E-state index in [9.17, 15) is 9.59 Å². The molecular weight excluding hydrogens is 352 g/mol. The number of Topliss-reactive ketones (excluding diaryl/α,β-unsaturated/α-hetero) is 1. The molecule has 4 heteroatoms. The van der Waals surface area contributed by atoms with E-state index < -0.39 is 5.97 Å². The molecule has 0 saturated carbocycles. The third kappa shape index (κ3) is 3.58. The van der Waals surface area contributed by atoms with Crippen molar-refractivity contribution in [3.63, 3.8) is 0 Å². The molecule has 0 spiro atoms. The predicted molar refractivity (Wildman–Crippen MR) is 107 cm³/mol. The van der Waals surface area contributed by atoms with E-state index in [1.807, 2.05) is 50.2 Å². The molecule has 28 heavy (non-hydrogen) atoms. The Hall–Kier alpha value is -3.66. The van der Waals surface area contributed by atoms with Crippen LogP contribution in [0.3, 0.4) is 0 Å². The van der Waals surface area contributed by atoms with Crippen molar-refractivity contribution in [3.8, 4) is 11.5 Å². The molecule has 4 nitrogen and oxygen atoms in total. The lowest BCUT2D eigenvalue weighted by Gasteiger charge is -2.06. The van der Waals surface area contributed by atoms with Gasteiger partial charge in [-0.3, -0.25) is 4.79 Å². The van der Waals surface area contributed by atoms with Gasteiger partial charge in [-0.15, -0.1) is 0 Å². The number of ketones is 1. The molecule has 1 aliphatic rings. The molecule has 0 saturated heterocycles. The SMILES string of the molecule is Cc1ccc(/C=C2\Oc3cc(OC(=O)c4ccc(C)cc4)ccc3C2=O)cc1. The van der Waals surface area contributed by atoms with Crippen molar-refractivity contribution in [1.82, 2.24) is 0 Å². The zero-order chi connectivity index (χ0) is 19.7. The number of aryl methyl sites for hydroxylation is 2. The Kier molecular flexibility index (Phi) is 4.53. The summed E-state index contributed by atoms with van der Waals surface area (Å²) >= 11 is 0. The third-order valence-corrected chi connectivity index (χ3v) is 4.51. The van der Waals surface area contributed by atoms with Crippen molar-refractivity contribution in [2.24, 2.45) is 0 Å². The highest BCUT2D eigenvalue weighted by molar-refractivity contribution is 6.14. The van der Waals surface area contributed by atoms with Gasteiger partial charge in [-0.25, -0.2) is 4.79 Å². The maximum Gasteiger partial charge on any atom is 0.343 e. The van der Waals surface area contributed by atoms with Crippen molar-refractivity contribution in [1.29, 1.82) is 0 Å². The number of carbonyl (C=O) groups excluding carboxylic acids is 2. The van der Waals surface area contributed by atoms with Gasteiger partial charge in [0.05, 0.1) is 11.1 Å². The molecule has 0 radical (unpaired) electrons. The van der Waals surface area contributed by atoms with Crippen molar-refractivity contribution in [2.45, 2.75) is 13.8 Å². The van der Waals surface area contributed by atoms with Gasteiger partial charge in [0.2, 0.25) is 5.78 Å². The summed E-state index contributed by atoms with van der Waals surface area (Å²) in [5, 5.41) is 0. The van der Waals surface area contributed by atoms with E-state index in [4.69, 9.17) is 9.47 Å². The van der Waals surface area contributed by atoms with E-state index in [-0.39, 0.29) is 11.5 Å². The van der Waals surface area contributed by atoms with Crippen LogP contribution in [0.1, 0.15) is 37.4 Å². The van der Waals surface area contributed by atoms with Gasteiger partial charge in [-0.2, -0.15) is 0 Å². The molecular formula is C24H18O4. The fourth-order valence-electron chi connectivity index (χ4n) is 2.90. The van der Waals surface area contributed by atoms with Gasteiger partial charge in [-0.05, 0) is 49.8 Å². The van der Waals surface area contributed by atoms with Crippen molar-refractivity contribution in [2.75, 3.05) is 0 Å². The van der Waals surface area contributed by atoms with Crippen LogP contribution in [-0.4, -0.2) is 11.8 Å². The summed E-state index contributed by atoms with van der Waals surface area (Å²) < 4.78 is 11.1. The Labute approximate surface area is 163 Å². The lowest BCUT2D eigenvalue weighted by atomic mass is 10.1. The maximum absolute atomic E-state index is 12.6. The topological polar surface area (TPSA) is 52.6 Å². The highest BCUT2D eigenvalue weighted by Crippen LogP contribution is 2.35. The summed E-state index contributed by atoms with van der Waals surface area (Å²) in [6.45, 7) is 3.95. The van der Waals surface area contributed by atoms with Gasteiger partial charge < -0.3 is 9.47 Å². The van der Waals surface area contributed by atoms with Crippen LogP contribution in [-0.2, 0) is 0 Å². The maximum atomic E-state index is 12.6. The van der Waals surface area contributed by atoms with Crippen LogP contribution in [0.2, 0.25) is 0 Å². The Morgan fingerprint density at radius 3 is 2.21 bits per heavy atom. The highest BCUT2D eigenvalue weighted by Gasteiger charge is 2.28. The first-order chi connectivity index (χ1) is 13.5. The monoisotopic (exact) mass is 370 g/mol. The van der Waals surface area contributed by atoms with Crippen molar-refractivity contribution >= 4 is 17.8 Å². The number of esters is 1. The lowest BCUT2D eigenvalue weighted by molar-refractivity contribution is 0.0734. The summed E-state index contributed by atoms with van der Waals surface area (Å²) in [6, 6.07) is 19.7. The van der Waals surface area contributed by atoms with Crippen LogP contribution in [0.15, 0.2) is 72.5 Å². The van der Waals surface area contributed by atoms with E-state index in [0.29, 0.717) is 22.6 Å². The molecule has 0 unspecified atom stereocenters. The summed E-state index contributed by atoms with van der Waals surface area (Å²) in [7, 11) is 0. The molecule has 0 aromatic heterocycles. The first kappa shape index (κ1) is 17.7. The summed E-state index contributed by atoms with van der Waals surface area (Å²) in [5.74, 6) is 0.318. The summed E-state index contributed by atoms with van der Waals surface area (Å²) in [4.78, 5) is 24.8. The van der Waals surface area contributed by atoms with E-state index in [1.54, 1.807) is 36.4 Å². The zero-order valence-electron chi connectivity index (χ0n) is 15.6. The first-order valence-electron chi connectivity index (χ1n) is 8.93. The molecule has 0 atom stereocenters. The number of fused-ring (bicyclic) bond motifs is 1. The molecule has 138 valence electrons. The second-order valence-corrected chi connectivity index (χ2v) is 6.76. The number of ether oxygens (including phenoxy) is 2. The normalized spacial score (nSPS) is 13.9. The Balaban J connectivity index is 1.54. The lowest BCUT2D eigenvalue weighted by Crippen LogP contribution is -2.08. The zero-order valence-corrected chi connectivity index (χ0v) is 15.6. The number of carbonyl (C=O) groups is 2. The minimum atomic E-state index is -0.459. The van der Waals surface area contributed by atoms with Gasteiger partial charge >= 0.3 is 5.97 Å². The largest absolute Gasteiger partial charge is 0.452 e. The number of benzene rings is 3. The van der Waals surface area contributed by atoms with Crippen LogP contribution in [0.25, 0.3) is 6.08 Å². The van der Waals surface area contributed by atoms with Gasteiger partial charge in [0, 0.05) is 6.07 Å². The number of rotatable bonds is 3. The quantitative estimate of drug-likeness (QED) is 0.364. The Morgan fingerprint density at radius 2 is 1.54 bits per heavy atom. The number of allylic oxidation sites excluding steroid dienone is 1. The molecule has 0 fully saturated rings. The average Bonchev–Trinajstić information content (AvgIpc) is 2.99. The molecule has 1 heterocycles. The van der Waals surface area contributed by atoms with Crippen LogP contribution < -0.4 is 9.47 Å². The van der Waals surface area contributed by atoms with E-state index in [2.05, 4.69) is 0 Å². The van der Waals surface area contributed by atoms with E-state index in [1.165, 1.54) is 0 Å². The molecule has 4 rings (SSSR count). The van der Waals surface area contributed by atoms with Crippen LogP contribution >= 0.6 is 0 Å². The van der Waals surface area contributed by atoms with Crippen LogP contribution in [0, 0.1) is 13.8 Å². The fraction of sp³-hybridized carbons (Fsp3) is 0.0833. The number of hydrogen-bond acceptors (Lipinski definition) is 4. The predicted octanol–water partition coefficient (Wildman–Crippen LogP) is 5.14. The van der Waals surface area contributed by atoms with Gasteiger partial charge in [0.15, 0.2) is 5.76 Å². The number of hydrogen-bond donors (Lipinski definition) is 0. The molecule has 0 amide bonds. The van der Waals surface area contributed by atoms with Crippen molar-refractivity contribution < 1.29 is 19.1 Å². The standard InChI is InChI=1S/C24H18O4/c1-15-3-7-17(8-4-15)13-22-23(25)20-12-11-19(14-21(20)28-22)27-24(26)18-9-5-16(2)6-10-18/h3-14H,1-2H3/b22-13-.